The van der Waals surface area contributed by atoms with Gasteiger partial charge < -0.3 is 4.74 Å². The summed E-state index contributed by atoms with van der Waals surface area (Å²) >= 11 is 0. The van der Waals surface area contributed by atoms with E-state index >= 15 is 0 Å². The van der Waals surface area contributed by atoms with Crippen molar-refractivity contribution in [3.05, 3.63) is 108 Å². The smallest absolute Gasteiger partial charge is 0.310 e. The van der Waals surface area contributed by atoms with E-state index in [1.54, 1.807) is 0 Å². The van der Waals surface area contributed by atoms with Gasteiger partial charge in [-0.15, -0.1) is 0 Å². The van der Waals surface area contributed by atoms with Crippen LogP contribution in [0, 0.1) is 5.92 Å². The van der Waals surface area contributed by atoms with Crippen LogP contribution in [0.1, 0.15) is 30.5 Å². The number of ether oxygens (including phenoxy) is 1. The Morgan fingerprint density at radius 3 is 1.42 bits per heavy atom. The second-order valence-corrected chi connectivity index (χ2v) is 6.38. The Bertz CT molecular complexity index is 729. The first-order chi connectivity index (χ1) is 12.7. The molecule has 0 radical (unpaired) electrons. The van der Waals surface area contributed by atoms with Crippen LogP contribution in [0.2, 0.25) is 0 Å². The van der Waals surface area contributed by atoms with Crippen molar-refractivity contribution in [3.63, 3.8) is 0 Å². The molecule has 0 amide bonds. The van der Waals surface area contributed by atoms with Gasteiger partial charge in [-0.3, -0.25) is 4.79 Å². The van der Waals surface area contributed by atoms with Crippen molar-refractivity contribution in [1.82, 2.24) is 0 Å². The fourth-order valence-electron chi connectivity index (χ4n) is 3.80. The van der Waals surface area contributed by atoms with Gasteiger partial charge in [0.1, 0.15) is 0 Å². The molecule has 26 heavy (non-hydrogen) atoms. The Hall–Kier alpha value is -2.87. The molecular weight excluding hydrogens is 320 g/mol. The highest BCUT2D eigenvalue weighted by Crippen LogP contribution is 2.45. The summed E-state index contributed by atoms with van der Waals surface area (Å²) < 4.78 is 5.44. The molecule has 0 saturated heterocycles. The molecule has 0 aromatic heterocycles. The third-order valence-corrected chi connectivity index (χ3v) is 4.98. The van der Waals surface area contributed by atoms with Crippen LogP contribution in [0.3, 0.4) is 0 Å². The summed E-state index contributed by atoms with van der Waals surface area (Å²) in [5.74, 6) is -0.571. The monoisotopic (exact) mass is 344 g/mol. The van der Waals surface area contributed by atoms with Gasteiger partial charge in [0.25, 0.3) is 0 Å². The van der Waals surface area contributed by atoms with E-state index in [-0.39, 0.29) is 11.9 Å². The van der Waals surface area contributed by atoms with Crippen molar-refractivity contribution < 1.29 is 9.53 Å². The van der Waals surface area contributed by atoms with E-state index in [9.17, 15) is 4.79 Å². The van der Waals surface area contributed by atoms with Gasteiger partial charge in [0.05, 0.1) is 17.9 Å². The lowest BCUT2D eigenvalue weighted by Gasteiger charge is -2.40. The maximum atomic E-state index is 12.9. The minimum atomic E-state index is -0.615. The Balaban J connectivity index is 2.33. The van der Waals surface area contributed by atoms with E-state index in [0.29, 0.717) is 6.61 Å². The van der Waals surface area contributed by atoms with Gasteiger partial charge >= 0.3 is 5.97 Å². The highest BCUT2D eigenvalue weighted by atomic mass is 16.5. The maximum absolute atomic E-state index is 12.9. The molecule has 1 atom stereocenters. The normalized spacial score (nSPS) is 12.4. The van der Waals surface area contributed by atoms with Gasteiger partial charge in [-0.2, -0.15) is 0 Å². The largest absolute Gasteiger partial charge is 0.466 e. The predicted octanol–water partition coefficient (Wildman–Crippen LogP) is 5.22. The van der Waals surface area contributed by atoms with Crippen molar-refractivity contribution in [2.24, 2.45) is 5.92 Å². The average molecular weight is 344 g/mol. The van der Waals surface area contributed by atoms with Gasteiger partial charge in [0.2, 0.25) is 0 Å². The first-order valence-corrected chi connectivity index (χ1v) is 9.04. The summed E-state index contributed by atoms with van der Waals surface area (Å²) in [5, 5.41) is 0. The first-order valence-electron chi connectivity index (χ1n) is 9.04. The molecule has 2 nitrogen and oxygen atoms in total. The van der Waals surface area contributed by atoms with Gasteiger partial charge in [0.15, 0.2) is 0 Å². The van der Waals surface area contributed by atoms with Crippen LogP contribution >= 0.6 is 0 Å². The number of carbonyl (C=O) groups is 1. The number of carbonyl (C=O) groups excluding carboxylic acids is 1. The minimum Gasteiger partial charge on any atom is -0.466 e. The molecule has 3 rings (SSSR count). The number of hydrogen-bond acceptors (Lipinski definition) is 2. The summed E-state index contributed by atoms with van der Waals surface area (Å²) in [6, 6.07) is 30.7. The first kappa shape index (κ1) is 17.9. The molecule has 0 spiro atoms. The second kappa shape index (κ2) is 8.01. The molecule has 2 heteroatoms. The van der Waals surface area contributed by atoms with E-state index in [2.05, 4.69) is 36.4 Å². The quantitative estimate of drug-likeness (QED) is 0.453. The Labute approximate surface area is 155 Å². The summed E-state index contributed by atoms with van der Waals surface area (Å²) in [6.07, 6.45) is 0. The molecule has 3 aromatic rings. The van der Waals surface area contributed by atoms with Crippen molar-refractivity contribution in [2.45, 2.75) is 19.3 Å². The lowest BCUT2D eigenvalue weighted by Crippen LogP contribution is -2.41. The molecule has 0 aliphatic rings. The molecule has 3 aromatic carbocycles. The Kier molecular flexibility index (Phi) is 5.52. The van der Waals surface area contributed by atoms with Gasteiger partial charge in [-0.25, -0.2) is 0 Å². The molecule has 0 heterocycles. The molecule has 0 saturated carbocycles. The van der Waals surface area contributed by atoms with Crippen LogP contribution in [-0.2, 0) is 14.9 Å². The van der Waals surface area contributed by atoms with Gasteiger partial charge in [-0.1, -0.05) is 97.9 Å². The van der Waals surface area contributed by atoms with Crippen LogP contribution < -0.4 is 0 Å². The molecule has 0 aliphatic carbocycles. The van der Waals surface area contributed by atoms with E-state index in [1.165, 1.54) is 0 Å². The average Bonchev–Trinajstić information content (AvgIpc) is 2.71. The standard InChI is InChI=1S/C24H24O2/c1-3-26-23(25)19(2)24(20-13-7-4-8-14-20,21-15-9-5-10-16-21)22-17-11-6-12-18-22/h4-19H,3H2,1-2H3. The van der Waals surface area contributed by atoms with E-state index in [4.69, 9.17) is 4.74 Å². The zero-order valence-corrected chi connectivity index (χ0v) is 15.3. The zero-order valence-electron chi connectivity index (χ0n) is 15.3. The number of esters is 1. The summed E-state index contributed by atoms with van der Waals surface area (Å²) in [4.78, 5) is 12.9. The van der Waals surface area contributed by atoms with Crippen LogP contribution in [0.25, 0.3) is 0 Å². The lowest BCUT2D eigenvalue weighted by molar-refractivity contribution is -0.148. The topological polar surface area (TPSA) is 26.3 Å². The third kappa shape index (κ3) is 3.15. The highest BCUT2D eigenvalue weighted by molar-refractivity contribution is 5.77. The van der Waals surface area contributed by atoms with E-state index in [1.807, 2.05) is 68.4 Å². The number of benzene rings is 3. The molecule has 132 valence electrons. The maximum Gasteiger partial charge on any atom is 0.310 e. The molecule has 0 N–H and O–H groups in total. The highest BCUT2D eigenvalue weighted by Gasteiger charge is 2.45. The van der Waals surface area contributed by atoms with Crippen LogP contribution in [0.15, 0.2) is 91.0 Å². The van der Waals surface area contributed by atoms with Gasteiger partial charge in [0, 0.05) is 0 Å². The SMILES string of the molecule is CCOC(=O)C(C)C(c1ccccc1)(c1ccccc1)c1ccccc1. The Morgan fingerprint density at radius 2 is 1.12 bits per heavy atom. The van der Waals surface area contributed by atoms with Crippen LogP contribution in [0.5, 0.6) is 0 Å². The van der Waals surface area contributed by atoms with Crippen molar-refractivity contribution in [1.29, 1.82) is 0 Å². The predicted molar refractivity (Wildman–Crippen MR) is 105 cm³/mol. The molecule has 0 fully saturated rings. The van der Waals surface area contributed by atoms with Crippen molar-refractivity contribution >= 4 is 5.97 Å². The molecule has 0 bridgehead atoms. The summed E-state index contributed by atoms with van der Waals surface area (Å²) in [6.45, 7) is 4.18. The van der Waals surface area contributed by atoms with Gasteiger partial charge in [-0.05, 0) is 23.6 Å². The molecule has 0 aliphatic heterocycles. The van der Waals surface area contributed by atoms with E-state index < -0.39 is 5.41 Å². The van der Waals surface area contributed by atoms with Crippen molar-refractivity contribution in [3.8, 4) is 0 Å². The number of hydrogen-bond donors (Lipinski definition) is 0. The van der Waals surface area contributed by atoms with Crippen molar-refractivity contribution in [2.75, 3.05) is 6.61 Å². The van der Waals surface area contributed by atoms with Crippen LogP contribution in [0.4, 0.5) is 0 Å². The fraction of sp³-hybridized carbons (Fsp3) is 0.208. The Morgan fingerprint density at radius 1 is 0.769 bits per heavy atom. The molecular formula is C24H24O2. The summed E-state index contributed by atoms with van der Waals surface area (Å²) in [7, 11) is 0. The lowest BCUT2D eigenvalue weighted by atomic mass is 9.62. The van der Waals surface area contributed by atoms with E-state index in [0.717, 1.165) is 16.7 Å². The third-order valence-electron chi connectivity index (χ3n) is 4.98. The zero-order chi connectivity index (χ0) is 18.4. The minimum absolute atomic E-state index is 0.191. The summed E-state index contributed by atoms with van der Waals surface area (Å²) in [5.41, 5.74) is 2.63. The van der Waals surface area contributed by atoms with Crippen LogP contribution in [-0.4, -0.2) is 12.6 Å². The fourth-order valence-corrected chi connectivity index (χ4v) is 3.80. The second-order valence-electron chi connectivity index (χ2n) is 6.38. The number of rotatable bonds is 6. The molecule has 1 unspecified atom stereocenters.